The number of hydrogen-bond acceptors (Lipinski definition) is 5. The Morgan fingerprint density at radius 3 is 2.43 bits per heavy atom. The molecule has 180 valence electrons. The number of aliphatic hydroxyl groups is 1. The second-order valence-corrected chi connectivity index (χ2v) is 8.73. The smallest absolute Gasteiger partial charge is 0.300 e. The van der Waals surface area contributed by atoms with Crippen molar-refractivity contribution in [3.63, 3.8) is 0 Å². The lowest BCUT2D eigenvalue weighted by molar-refractivity contribution is -0.132. The number of benzene rings is 3. The topological polar surface area (TPSA) is 76.1 Å². The Hall–Kier alpha value is -3.77. The van der Waals surface area contributed by atoms with E-state index >= 15 is 0 Å². The molecule has 6 nitrogen and oxygen atoms in total. The molecule has 1 saturated heterocycles. The second kappa shape index (κ2) is 9.84. The van der Waals surface area contributed by atoms with Crippen molar-refractivity contribution < 1.29 is 24.2 Å². The summed E-state index contributed by atoms with van der Waals surface area (Å²) in [7, 11) is 1.54. The molecular formula is C28H26ClNO5. The maximum atomic E-state index is 13.4. The highest BCUT2D eigenvalue weighted by Gasteiger charge is 2.47. The highest BCUT2D eigenvalue weighted by Crippen LogP contribution is 2.44. The molecule has 35 heavy (non-hydrogen) atoms. The number of rotatable bonds is 6. The molecule has 4 rings (SSSR count). The van der Waals surface area contributed by atoms with Crippen LogP contribution in [0.4, 0.5) is 5.69 Å². The summed E-state index contributed by atoms with van der Waals surface area (Å²) in [4.78, 5) is 28.2. The van der Waals surface area contributed by atoms with Gasteiger partial charge < -0.3 is 14.6 Å². The van der Waals surface area contributed by atoms with E-state index in [1.165, 1.54) is 12.0 Å². The Morgan fingerprint density at radius 2 is 1.77 bits per heavy atom. The molecule has 0 aliphatic carbocycles. The van der Waals surface area contributed by atoms with Crippen molar-refractivity contribution in [2.24, 2.45) is 0 Å². The Morgan fingerprint density at radius 1 is 1.00 bits per heavy atom. The highest BCUT2D eigenvalue weighted by molar-refractivity contribution is 6.51. The Labute approximate surface area is 209 Å². The van der Waals surface area contributed by atoms with Gasteiger partial charge in [0.1, 0.15) is 5.76 Å². The van der Waals surface area contributed by atoms with Crippen LogP contribution in [0.25, 0.3) is 5.76 Å². The average Bonchev–Trinajstić information content (AvgIpc) is 3.11. The van der Waals surface area contributed by atoms with E-state index in [2.05, 4.69) is 0 Å². The van der Waals surface area contributed by atoms with E-state index in [9.17, 15) is 14.7 Å². The number of methoxy groups -OCH3 is 1. The lowest BCUT2D eigenvalue weighted by atomic mass is 9.94. The van der Waals surface area contributed by atoms with Crippen LogP contribution in [0.15, 0.2) is 66.2 Å². The van der Waals surface area contributed by atoms with Crippen molar-refractivity contribution in [1.29, 1.82) is 0 Å². The van der Waals surface area contributed by atoms with Crippen molar-refractivity contribution in [2.45, 2.75) is 26.8 Å². The van der Waals surface area contributed by atoms with Crippen molar-refractivity contribution in [1.82, 2.24) is 0 Å². The summed E-state index contributed by atoms with van der Waals surface area (Å²) >= 11 is 6.13. The second-order valence-electron chi connectivity index (χ2n) is 8.29. The molecule has 3 aromatic rings. The summed E-state index contributed by atoms with van der Waals surface area (Å²) in [6, 6.07) is 16.4. The third-order valence-corrected chi connectivity index (χ3v) is 6.35. The first-order valence-corrected chi connectivity index (χ1v) is 11.6. The fourth-order valence-electron chi connectivity index (χ4n) is 4.21. The van der Waals surface area contributed by atoms with Crippen LogP contribution in [0.1, 0.15) is 35.2 Å². The lowest BCUT2D eigenvalue weighted by Gasteiger charge is -2.26. The number of halogens is 1. The van der Waals surface area contributed by atoms with Gasteiger partial charge in [-0.3, -0.25) is 14.5 Å². The average molecular weight is 492 g/mol. The Bertz CT molecular complexity index is 1350. The van der Waals surface area contributed by atoms with E-state index in [4.69, 9.17) is 21.1 Å². The number of ether oxygens (including phenoxy) is 2. The SMILES string of the molecule is CCOc1cc(C2/C(=C(\O)c3cccc(Cl)c3)C(=O)C(=O)N2c2ccc(C)c(C)c2)ccc1OC. The monoisotopic (exact) mass is 491 g/mol. The predicted molar refractivity (Wildman–Crippen MR) is 136 cm³/mol. The molecular weight excluding hydrogens is 466 g/mol. The maximum absolute atomic E-state index is 13.4. The van der Waals surface area contributed by atoms with Gasteiger partial charge in [0, 0.05) is 16.3 Å². The number of aryl methyl sites for hydroxylation is 2. The number of Topliss-reactive ketones (excluding diaryl/α,β-unsaturated/α-hetero) is 1. The molecule has 1 unspecified atom stereocenters. The number of nitrogens with zero attached hydrogens (tertiary/aromatic N) is 1. The maximum Gasteiger partial charge on any atom is 0.300 e. The minimum Gasteiger partial charge on any atom is -0.507 e. The molecule has 1 fully saturated rings. The van der Waals surface area contributed by atoms with Gasteiger partial charge in [-0.25, -0.2) is 0 Å². The van der Waals surface area contributed by atoms with E-state index < -0.39 is 17.7 Å². The van der Waals surface area contributed by atoms with Gasteiger partial charge in [-0.2, -0.15) is 0 Å². The Kier molecular flexibility index (Phi) is 6.85. The van der Waals surface area contributed by atoms with Crippen LogP contribution >= 0.6 is 11.6 Å². The molecule has 0 radical (unpaired) electrons. The molecule has 1 aliphatic heterocycles. The minimum atomic E-state index is -0.888. The van der Waals surface area contributed by atoms with Gasteiger partial charge in [0.2, 0.25) is 0 Å². The van der Waals surface area contributed by atoms with Gasteiger partial charge >= 0.3 is 0 Å². The molecule has 1 N–H and O–H groups in total. The van der Waals surface area contributed by atoms with Crippen LogP contribution in [0, 0.1) is 13.8 Å². The Balaban J connectivity index is 1.98. The normalized spacial score (nSPS) is 17.1. The number of anilines is 1. The summed E-state index contributed by atoms with van der Waals surface area (Å²) in [6.07, 6.45) is 0. The van der Waals surface area contributed by atoms with Gasteiger partial charge in [-0.1, -0.05) is 35.9 Å². The van der Waals surface area contributed by atoms with Gasteiger partial charge in [-0.05, 0) is 73.9 Å². The van der Waals surface area contributed by atoms with Gasteiger partial charge in [0.25, 0.3) is 11.7 Å². The minimum absolute atomic E-state index is 0.0249. The summed E-state index contributed by atoms with van der Waals surface area (Å²) in [5.74, 6) is -0.805. The van der Waals surface area contributed by atoms with Crippen LogP contribution in [0.5, 0.6) is 11.5 Å². The number of amides is 1. The first-order valence-electron chi connectivity index (χ1n) is 11.2. The highest BCUT2D eigenvalue weighted by atomic mass is 35.5. The van der Waals surface area contributed by atoms with Crippen molar-refractivity contribution >= 4 is 34.7 Å². The van der Waals surface area contributed by atoms with Crippen LogP contribution < -0.4 is 14.4 Å². The molecule has 1 amide bonds. The molecule has 3 aromatic carbocycles. The lowest BCUT2D eigenvalue weighted by Crippen LogP contribution is -2.29. The number of carbonyl (C=O) groups is 2. The van der Waals surface area contributed by atoms with E-state index in [1.54, 1.807) is 48.5 Å². The number of hydrogen-bond donors (Lipinski definition) is 1. The van der Waals surface area contributed by atoms with Crippen molar-refractivity contribution in [3.05, 3.63) is 93.5 Å². The summed E-state index contributed by atoms with van der Waals surface area (Å²) in [6.45, 7) is 6.17. The third kappa shape index (κ3) is 4.49. The number of ketones is 1. The van der Waals surface area contributed by atoms with E-state index in [-0.39, 0.29) is 11.3 Å². The molecule has 0 saturated carbocycles. The fourth-order valence-corrected chi connectivity index (χ4v) is 4.40. The molecule has 1 heterocycles. The standard InChI is InChI=1S/C28H26ClNO5/c1-5-35-23-15-18(10-12-22(23)34-4)25-24(26(31)19-7-6-8-20(29)14-19)27(32)28(33)30(25)21-11-9-16(2)17(3)13-21/h6-15,25,31H,5H2,1-4H3/b26-24+. The predicted octanol–water partition coefficient (Wildman–Crippen LogP) is 5.99. The van der Waals surface area contributed by atoms with Crippen LogP contribution in [0.2, 0.25) is 5.02 Å². The molecule has 7 heteroatoms. The van der Waals surface area contributed by atoms with E-state index in [0.29, 0.717) is 39.9 Å². The first kappa shape index (κ1) is 24.4. The third-order valence-electron chi connectivity index (χ3n) is 6.11. The number of aliphatic hydroxyl groups excluding tert-OH is 1. The molecule has 0 bridgehead atoms. The van der Waals surface area contributed by atoms with Gasteiger partial charge in [0.15, 0.2) is 11.5 Å². The van der Waals surface area contributed by atoms with Crippen molar-refractivity contribution in [3.8, 4) is 11.5 Å². The molecule has 0 aromatic heterocycles. The molecule has 1 atom stereocenters. The van der Waals surface area contributed by atoms with Crippen LogP contribution in [-0.2, 0) is 9.59 Å². The van der Waals surface area contributed by atoms with Gasteiger partial charge in [-0.15, -0.1) is 0 Å². The quantitative estimate of drug-likeness (QED) is 0.260. The first-order chi connectivity index (χ1) is 16.8. The zero-order valence-electron chi connectivity index (χ0n) is 20.0. The van der Waals surface area contributed by atoms with Gasteiger partial charge in [0.05, 0.1) is 25.3 Å². The molecule has 1 aliphatic rings. The summed E-state index contributed by atoms with van der Waals surface area (Å²) in [5, 5.41) is 11.7. The zero-order chi connectivity index (χ0) is 25.3. The largest absolute Gasteiger partial charge is 0.507 e. The van der Waals surface area contributed by atoms with E-state index in [0.717, 1.165) is 11.1 Å². The number of carbonyl (C=O) groups excluding carboxylic acids is 2. The van der Waals surface area contributed by atoms with Crippen molar-refractivity contribution in [2.75, 3.05) is 18.6 Å². The van der Waals surface area contributed by atoms with Crippen LogP contribution in [-0.4, -0.2) is 30.5 Å². The zero-order valence-corrected chi connectivity index (χ0v) is 20.7. The van der Waals surface area contributed by atoms with Crippen LogP contribution in [0.3, 0.4) is 0 Å². The fraction of sp³-hybridized carbons (Fsp3) is 0.214. The summed E-state index contributed by atoms with van der Waals surface area (Å²) < 4.78 is 11.2. The van der Waals surface area contributed by atoms with E-state index in [1.807, 2.05) is 32.9 Å². The summed E-state index contributed by atoms with van der Waals surface area (Å²) in [5.41, 5.74) is 3.50. The molecule has 0 spiro atoms.